The molecule has 4 rings (SSSR count). The predicted molar refractivity (Wildman–Crippen MR) is 140 cm³/mol. The van der Waals surface area contributed by atoms with Crippen LogP contribution >= 0.6 is 11.6 Å². The summed E-state index contributed by atoms with van der Waals surface area (Å²) in [5.74, 6) is -1.73. The Kier molecular flexibility index (Phi) is 7.73. The van der Waals surface area contributed by atoms with E-state index in [2.05, 4.69) is 4.98 Å². The third-order valence-corrected chi connectivity index (χ3v) is 8.34. The van der Waals surface area contributed by atoms with Gasteiger partial charge in [-0.25, -0.2) is 13.2 Å². The summed E-state index contributed by atoms with van der Waals surface area (Å²) in [5.41, 5.74) is 1.77. The van der Waals surface area contributed by atoms with Crippen molar-refractivity contribution in [2.24, 2.45) is 0 Å². The van der Waals surface area contributed by atoms with Gasteiger partial charge in [-0.1, -0.05) is 35.9 Å². The first-order valence-corrected chi connectivity index (χ1v) is 13.4. The van der Waals surface area contributed by atoms with E-state index in [1.54, 1.807) is 54.4 Å². The van der Waals surface area contributed by atoms with E-state index in [1.807, 2.05) is 6.07 Å². The lowest BCUT2D eigenvalue weighted by atomic mass is 10.1. The molecular weight excluding hydrogens is 532 g/mol. The number of fused-ring (bicyclic) bond motifs is 1. The minimum absolute atomic E-state index is 0.0353. The molecule has 0 radical (unpaired) electrons. The van der Waals surface area contributed by atoms with E-state index in [-0.39, 0.29) is 23.8 Å². The summed E-state index contributed by atoms with van der Waals surface area (Å²) in [6.45, 7) is -0.543. The normalized spacial score (nSPS) is 16.4. The molecule has 1 aliphatic rings. The lowest BCUT2D eigenvalue weighted by molar-refractivity contribution is -0.154. The number of amidine groups is 1. The number of hydrogen-bond acceptors (Lipinski definition) is 6. The van der Waals surface area contributed by atoms with Gasteiger partial charge < -0.3 is 19.9 Å². The Bertz CT molecular complexity index is 1550. The first-order chi connectivity index (χ1) is 18.0. The van der Waals surface area contributed by atoms with E-state index in [1.165, 1.54) is 6.07 Å². The van der Waals surface area contributed by atoms with Crippen molar-refractivity contribution in [2.75, 3.05) is 26.7 Å². The number of carbonyl (C=O) groups is 2. The Morgan fingerprint density at radius 1 is 1.26 bits per heavy atom. The molecule has 3 N–H and O–H groups in total. The number of halogens is 1. The number of nitrogens with zero attached hydrogens (tertiary/aromatic N) is 4. The Morgan fingerprint density at radius 2 is 1.97 bits per heavy atom. The molecule has 13 heteroatoms. The number of aromatic nitrogens is 1. The molecule has 2 heterocycles. The van der Waals surface area contributed by atoms with Crippen molar-refractivity contribution in [1.29, 1.82) is 10.7 Å². The third kappa shape index (κ3) is 5.50. The van der Waals surface area contributed by atoms with Crippen LogP contribution < -0.4 is 0 Å². The Balaban J connectivity index is 1.51. The van der Waals surface area contributed by atoms with Crippen molar-refractivity contribution in [3.05, 3.63) is 64.7 Å². The molecule has 0 aliphatic carbocycles. The second-order valence-corrected chi connectivity index (χ2v) is 11.3. The second-order valence-electron chi connectivity index (χ2n) is 8.91. The molecule has 11 nitrogen and oxygen atoms in total. The number of piperazine rings is 1. The number of carboxylic acid groups (broad SMARTS) is 1. The maximum atomic E-state index is 13.3. The maximum Gasteiger partial charge on any atom is 0.327 e. The number of aliphatic carboxylic acids is 1. The van der Waals surface area contributed by atoms with Crippen LogP contribution in [0.25, 0.3) is 10.9 Å². The molecule has 0 spiro atoms. The highest BCUT2D eigenvalue weighted by atomic mass is 35.5. The second kappa shape index (κ2) is 10.8. The van der Waals surface area contributed by atoms with Crippen molar-refractivity contribution < 1.29 is 23.1 Å². The van der Waals surface area contributed by atoms with Crippen LogP contribution in [0.2, 0.25) is 5.02 Å². The summed E-state index contributed by atoms with van der Waals surface area (Å²) in [6.07, 6.45) is 0.284. The number of carbonyl (C=O) groups excluding carboxylic acids is 1. The molecule has 0 unspecified atom stereocenters. The monoisotopic (exact) mass is 556 g/mol. The van der Waals surface area contributed by atoms with E-state index in [0.717, 1.165) is 9.21 Å². The van der Waals surface area contributed by atoms with Gasteiger partial charge in [0.25, 0.3) is 10.0 Å². The zero-order valence-electron chi connectivity index (χ0n) is 20.4. The van der Waals surface area contributed by atoms with E-state index in [0.29, 0.717) is 33.6 Å². The highest BCUT2D eigenvalue weighted by Crippen LogP contribution is 2.27. The summed E-state index contributed by atoms with van der Waals surface area (Å²) in [4.78, 5) is 30.7. The van der Waals surface area contributed by atoms with E-state index in [4.69, 9.17) is 22.3 Å². The Morgan fingerprint density at radius 3 is 2.63 bits per heavy atom. The molecule has 1 saturated heterocycles. The number of hydrogen-bond donors (Lipinski definition) is 3. The number of amides is 1. The van der Waals surface area contributed by atoms with Crippen LogP contribution in [-0.2, 0) is 26.2 Å². The average Bonchev–Trinajstić information content (AvgIpc) is 3.32. The average molecular weight is 557 g/mol. The molecule has 0 saturated carbocycles. The Hall–Kier alpha value is -3.92. The van der Waals surface area contributed by atoms with Gasteiger partial charge in [0.15, 0.2) is 0 Å². The van der Waals surface area contributed by atoms with Crippen molar-refractivity contribution in [3.8, 4) is 6.07 Å². The van der Waals surface area contributed by atoms with Gasteiger partial charge in [0, 0.05) is 48.2 Å². The fourth-order valence-electron chi connectivity index (χ4n) is 4.23. The van der Waals surface area contributed by atoms with E-state index >= 15 is 0 Å². The first kappa shape index (κ1) is 27.1. The lowest BCUT2D eigenvalue weighted by Crippen LogP contribution is -2.60. The summed E-state index contributed by atoms with van der Waals surface area (Å²) >= 11 is 5.99. The number of nitriles is 1. The molecule has 1 atom stereocenters. The van der Waals surface area contributed by atoms with Gasteiger partial charge in [0.05, 0.1) is 19.0 Å². The fraction of sp³-hybridized carbons (Fsp3) is 0.280. The molecule has 38 heavy (non-hydrogen) atoms. The van der Waals surface area contributed by atoms with Crippen LogP contribution in [-0.4, -0.2) is 83.0 Å². The SMILES string of the molecule is CN(CCC#N)C(=N)c1ccc(CN2C(=O)CN(S(=O)(=O)c3cc4cc(Cl)ccc4[nH]3)C[C@@H]2C(=O)O)cc1. The molecule has 1 fully saturated rings. The Labute approximate surface area is 224 Å². The zero-order chi connectivity index (χ0) is 27.6. The van der Waals surface area contributed by atoms with Gasteiger partial charge in [-0.3, -0.25) is 10.2 Å². The number of nitrogens with one attached hydrogen (secondary N) is 2. The van der Waals surface area contributed by atoms with Gasteiger partial charge in [0.1, 0.15) is 16.9 Å². The number of benzene rings is 2. The zero-order valence-corrected chi connectivity index (χ0v) is 22.0. The van der Waals surface area contributed by atoms with Gasteiger partial charge in [0.2, 0.25) is 5.91 Å². The minimum atomic E-state index is -4.19. The van der Waals surface area contributed by atoms with E-state index in [9.17, 15) is 23.1 Å². The molecule has 3 aromatic rings. The predicted octanol–water partition coefficient (Wildman–Crippen LogP) is 2.48. The van der Waals surface area contributed by atoms with Crippen molar-refractivity contribution >= 4 is 50.2 Å². The largest absolute Gasteiger partial charge is 0.480 e. The van der Waals surface area contributed by atoms with Crippen molar-refractivity contribution in [2.45, 2.75) is 24.0 Å². The molecule has 1 aliphatic heterocycles. The topological polar surface area (TPSA) is 162 Å². The summed E-state index contributed by atoms with van der Waals surface area (Å²) < 4.78 is 27.5. The van der Waals surface area contributed by atoms with E-state index < -0.39 is 41.0 Å². The molecule has 198 valence electrons. The van der Waals surface area contributed by atoms with Crippen LogP contribution in [0.5, 0.6) is 0 Å². The van der Waals surface area contributed by atoms with Crippen LogP contribution in [0.1, 0.15) is 17.5 Å². The van der Waals surface area contributed by atoms with Gasteiger partial charge >= 0.3 is 5.97 Å². The van der Waals surface area contributed by atoms with Crippen LogP contribution in [0, 0.1) is 16.7 Å². The number of sulfonamides is 1. The standard InChI is InChI=1S/C25H25ClN6O5S/c1-30(10-2-9-27)24(28)17-5-3-16(4-6-17)13-32-21(25(34)35)14-31(15-23(32)33)38(36,37)22-12-18-11-19(26)7-8-20(18)29-22/h3-8,11-12,21,28-29H,2,10,13-15H2,1H3,(H,34,35)/t21-/m1/s1. The highest BCUT2D eigenvalue weighted by molar-refractivity contribution is 7.89. The molecule has 0 bridgehead atoms. The number of carboxylic acids is 1. The van der Waals surface area contributed by atoms with Crippen LogP contribution in [0.3, 0.4) is 0 Å². The quantitative estimate of drug-likeness (QED) is 0.283. The fourth-order valence-corrected chi connectivity index (χ4v) is 5.83. The van der Waals surface area contributed by atoms with Crippen LogP contribution in [0.15, 0.2) is 53.6 Å². The maximum absolute atomic E-state index is 13.3. The minimum Gasteiger partial charge on any atom is -0.480 e. The molecular formula is C25H25ClN6O5S. The smallest absolute Gasteiger partial charge is 0.327 e. The lowest BCUT2D eigenvalue weighted by Gasteiger charge is -2.38. The molecule has 1 amide bonds. The van der Waals surface area contributed by atoms with Crippen molar-refractivity contribution in [1.82, 2.24) is 19.1 Å². The van der Waals surface area contributed by atoms with Gasteiger partial charge in [-0.2, -0.15) is 9.57 Å². The number of rotatable bonds is 8. The number of H-pyrrole nitrogens is 1. The van der Waals surface area contributed by atoms with Gasteiger partial charge in [-0.15, -0.1) is 0 Å². The molecule has 2 aromatic carbocycles. The summed E-state index contributed by atoms with van der Waals surface area (Å²) in [7, 11) is -2.48. The van der Waals surface area contributed by atoms with Gasteiger partial charge in [-0.05, 0) is 29.8 Å². The summed E-state index contributed by atoms with van der Waals surface area (Å²) in [5, 5.41) is 27.7. The van der Waals surface area contributed by atoms with Crippen molar-refractivity contribution in [3.63, 3.8) is 0 Å². The van der Waals surface area contributed by atoms with Crippen LogP contribution in [0.4, 0.5) is 0 Å². The summed E-state index contributed by atoms with van der Waals surface area (Å²) in [6, 6.07) is 13.6. The molecule has 1 aromatic heterocycles. The third-order valence-electron chi connectivity index (χ3n) is 6.37. The highest BCUT2D eigenvalue weighted by Gasteiger charge is 2.42. The first-order valence-electron chi connectivity index (χ1n) is 11.6. The number of aromatic amines is 1.